The van der Waals surface area contributed by atoms with Crippen LogP contribution in [0.1, 0.15) is 5.56 Å². The normalized spacial score (nSPS) is 18.6. The highest BCUT2D eigenvalue weighted by Crippen LogP contribution is 2.25. The third kappa shape index (κ3) is 6.39. The average molecular weight is 398 g/mol. The highest BCUT2D eigenvalue weighted by Gasteiger charge is 2.23. The molecular weight excluding hydrogens is 370 g/mol. The Labute approximate surface area is 166 Å². The van der Waals surface area contributed by atoms with Crippen molar-refractivity contribution < 1.29 is 19.3 Å². The molecule has 1 aliphatic rings. The maximum absolute atomic E-state index is 10.3. The van der Waals surface area contributed by atoms with Crippen LogP contribution in [0.3, 0.4) is 0 Å². The lowest BCUT2D eigenvalue weighted by Gasteiger charge is -2.34. The zero-order valence-electron chi connectivity index (χ0n) is 15.8. The molecule has 150 valence electrons. The van der Waals surface area contributed by atoms with Gasteiger partial charge in [0.25, 0.3) is 0 Å². The van der Waals surface area contributed by atoms with E-state index in [2.05, 4.69) is 10.00 Å². The van der Waals surface area contributed by atoms with E-state index in [0.29, 0.717) is 24.7 Å². The second-order valence-corrected chi connectivity index (χ2v) is 6.61. The van der Waals surface area contributed by atoms with Gasteiger partial charge in [-0.2, -0.15) is 5.10 Å². The first-order valence-corrected chi connectivity index (χ1v) is 8.91. The largest absolute Gasteiger partial charge is 0.493 e. The van der Waals surface area contributed by atoms with Crippen LogP contribution < -0.4 is 9.47 Å². The molecule has 8 heteroatoms. The number of ether oxygens (including phenoxy) is 3. The van der Waals surface area contributed by atoms with E-state index in [4.69, 9.17) is 14.2 Å². The maximum Gasteiger partial charge on any atom is 0.161 e. The van der Waals surface area contributed by atoms with E-state index in [9.17, 15) is 5.11 Å². The molecule has 27 heavy (non-hydrogen) atoms. The lowest BCUT2D eigenvalue weighted by Crippen LogP contribution is -2.47. The lowest BCUT2D eigenvalue weighted by molar-refractivity contribution is -0.0517. The summed E-state index contributed by atoms with van der Waals surface area (Å²) in [4.78, 5) is 2.21. The molecule has 0 amide bonds. The number of halogens is 1. The molecule has 1 aliphatic heterocycles. The fourth-order valence-corrected chi connectivity index (χ4v) is 3.11. The molecule has 2 unspecified atom stereocenters. The van der Waals surface area contributed by atoms with Crippen LogP contribution in [0.15, 0.2) is 36.7 Å². The van der Waals surface area contributed by atoms with E-state index in [1.807, 2.05) is 48.3 Å². The Morgan fingerprint density at radius 2 is 2.11 bits per heavy atom. The molecule has 2 heterocycles. The predicted octanol–water partition coefficient (Wildman–Crippen LogP) is 1.76. The minimum absolute atomic E-state index is 0. The van der Waals surface area contributed by atoms with Crippen molar-refractivity contribution in [3.8, 4) is 11.5 Å². The number of nitrogens with zero attached hydrogens (tertiary/aromatic N) is 3. The second-order valence-electron chi connectivity index (χ2n) is 6.61. The summed E-state index contributed by atoms with van der Waals surface area (Å²) in [5.41, 5.74) is 1.14. The standard InChI is InChI=1S/C19H27N3O4.ClH/c1-15-9-20-22(10-15)13-17-12-21(7-8-25-17)11-16(23)14-26-19-6-4-3-5-18(19)24-2;/h3-6,9-10,16-17,23H,7-8,11-14H2,1-2H3;1H. The zero-order valence-corrected chi connectivity index (χ0v) is 16.6. The van der Waals surface area contributed by atoms with Gasteiger partial charge < -0.3 is 19.3 Å². The number of β-amino-alcohol motifs (C(OH)–C–C–N with tert-alkyl or cyclic N) is 1. The Bertz CT molecular complexity index is 697. The third-order valence-electron chi connectivity index (χ3n) is 4.35. The zero-order chi connectivity index (χ0) is 18.4. The summed E-state index contributed by atoms with van der Waals surface area (Å²) in [6, 6.07) is 7.44. The molecule has 1 N–H and O–H groups in total. The second kappa shape index (κ2) is 10.5. The van der Waals surface area contributed by atoms with Crippen molar-refractivity contribution in [1.29, 1.82) is 0 Å². The fraction of sp³-hybridized carbons (Fsp3) is 0.526. The Morgan fingerprint density at radius 3 is 2.81 bits per heavy atom. The van der Waals surface area contributed by atoms with Gasteiger partial charge in [-0.1, -0.05) is 12.1 Å². The molecule has 0 bridgehead atoms. The van der Waals surface area contributed by atoms with E-state index in [1.54, 1.807) is 7.11 Å². The van der Waals surface area contributed by atoms with Crippen LogP contribution in [0.25, 0.3) is 0 Å². The van der Waals surface area contributed by atoms with Gasteiger partial charge in [0.15, 0.2) is 11.5 Å². The Kier molecular flexibility index (Phi) is 8.37. The van der Waals surface area contributed by atoms with Gasteiger partial charge in [-0.05, 0) is 24.6 Å². The van der Waals surface area contributed by atoms with Crippen LogP contribution in [0.2, 0.25) is 0 Å². The van der Waals surface area contributed by atoms with E-state index in [1.165, 1.54) is 0 Å². The monoisotopic (exact) mass is 397 g/mol. The minimum Gasteiger partial charge on any atom is -0.493 e. The summed E-state index contributed by atoms with van der Waals surface area (Å²) in [6.07, 6.45) is 3.36. The van der Waals surface area contributed by atoms with Gasteiger partial charge in [0.1, 0.15) is 12.7 Å². The van der Waals surface area contributed by atoms with E-state index in [0.717, 1.165) is 25.2 Å². The molecule has 1 saturated heterocycles. The van der Waals surface area contributed by atoms with Crippen LogP contribution in [0.4, 0.5) is 0 Å². The Hall–Kier alpha value is -1.80. The molecular formula is C19H28ClN3O4. The predicted molar refractivity (Wildman–Crippen MR) is 105 cm³/mol. The van der Waals surface area contributed by atoms with E-state index >= 15 is 0 Å². The van der Waals surface area contributed by atoms with Crippen molar-refractivity contribution in [3.63, 3.8) is 0 Å². The number of aromatic nitrogens is 2. The Balaban J connectivity index is 0.00000261. The minimum atomic E-state index is -0.578. The molecule has 0 aliphatic carbocycles. The number of aryl methyl sites for hydroxylation is 1. The van der Waals surface area contributed by atoms with Gasteiger partial charge in [0.05, 0.1) is 32.6 Å². The summed E-state index contributed by atoms with van der Waals surface area (Å²) < 4.78 is 18.7. The average Bonchev–Trinajstić information content (AvgIpc) is 3.05. The van der Waals surface area contributed by atoms with Gasteiger partial charge >= 0.3 is 0 Å². The number of para-hydroxylation sites is 2. The summed E-state index contributed by atoms with van der Waals surface area (Å²) in [6.45, 7) is 5.75. The van der Waals surface area contributed by atoms with Crippen molar-refractivity contribution >= 4 is 12.4 Å². The molecule has 2 atom stereocenters. The summed E-state index contributed by atoms with van der Waals surface area (Å²) >= 11 is 0. The highest BCUT2D eigenvalue weighted by atomic mass is 35.5. The molecule has 7 nitrogen and oxygen atoms in total. The topological polar surface area (TPSA) is 69.0 Å². The van der Waals surface area contributed by atoms with E-state index < -0.39 is 6.10 Å². The number of methoxy groups -OCH3 is 1. The van der Waals surface area contributed by atoms with Gasteiger partial charge in [-0.15, -0.1) is 12.4 Å². The molecule has 0 spiro atoms. The van der Waals surface area contributed by atoms with Crippen molar-refractivity contribution in [1.82, 2.24) is 14.7 Å². The summed E-state index contributed by atoms with van der Waals surface area (Å²) in [5.74, 6) is 1.31. The lowest BCUT2D eigenvalue weighted by atomic mass is 10.2. The van der Waals surface area contributed by atoms with Crippen LogP contribution >= 0.6 is 12.4 Å². The quantitative estimate of drug-likeness (QED) is 0.732. The number of hydrogen-bond donors (Lipinski definition) is 1. The van der Waals surface area contributed by atoms with Gasteiger partial charge in [-0.3, -0.25) is 9.58 Å². The number of benzene rings is 1. The van der Waals surface area contributed by atoms with Crippen molar-refractivity contribution in [2.45, 2.75) is 25.7 Å². The SMILES string of the molecule is COc1ccccc1OCC(O)CN1CCOC(Cn2cc(C)cn2)C1.Cl. The smallest absolute Gasteiger partial charge is 0.161 e. The fourth-order valence-electron chi connectivity index (χ4n) is 3.11. The number of hydrogen-bond acceptors (Lipinski definition) is 6. The number of aliphatic hydroxyl groups excluding tert-OH is 1. The number of rotatable bonds is 8. The Morgan fingerprint density at radius 1 is 1.33 bits per heavy atom. The van der Waals surface area contributed by atoms with Crippen LogP contribution in [-0.4, -0.2) is 72.0 Å². The van der Waals surface area contributed by atoms with E-state index in [-0.39, 0.29) is 25.1 Å². The highest BCUT2D eigenvalue weighted by molar-refractivity contribution is 5.85. The maximum atomic E-state index is 10.3. The first-order chi connectivity index (χ1) is 12.6. The molecule has 0 radical (unpaired) electrons. The van der Waals surface area contributed by atoms with Crippen LogP contribution in [0.5, 0.6) is 11.5 Å². The summed E-state index contributed by atoms with van der Waals surface area (Å²) in [7, 11) is 1.60. The molecule has 1 aromatic carbocycles. The number of morpholine rings is 1. The van der Waals surface area contributed by atoms with Crippen LogP contribution in [0, 0.1) is 6.92 Å². The van der Waals surface area contributed by atoms with Crippen LogP contribution in [-0.2, 0) is 11.3 Å². The summed E-state index contributed by atoms with van der Waals surface area (Å²) in [5, 5.41) is 14.7. The van der Waals surface area contributed by atoms with Gasteiger partial charge in [0, 0.05) is 25.8 Å². The van der Waals surface area contributed by atoms with Crippen molar-refractivity contribution in [2.24, 2.45) is 0 Å². The molecule has 0 saturated carbocycles. The third-order valence-corrected chi connectivity index (χ3v) is 4.35. The first kappa shape index (κ1) is 21.5. The molecule has 2 aromatic rings. The number of aliphatic hydroxyl groups is 1. The first-order valence-electron chi connectivity index (χ1n) is 8.91. The van der Waals surface area contributed by atoms with Crippen molar-refractivity contribution in [2.75, 3.05) is 40.0 Å². The molecule has 1 fully saturated rings. The van der Waals surface area contributed by atoms with Gasteiger partial charge in [-0.25, -0.2) is 0 Å². The molecule has 1 aromatic heterocycles. The molecule has 3 rings (SSSR count). The van der Waals surface area contributed by atoms with Gasteiger partial charge in [0.2, 0.25) is 0 Å². The van der Waals surface area contributed by atoms with Crippen molar-refractivity contribution in [3.05, 3.63) is 42.2 Å².